The van der Waals surface area contributed by atoms with Gasteiger partial charge >= 0.3 is 0 Å². The van der Waals surface area contributed by atoms with Crippen LogP contribution >= 0.6 is 11.3 Å². The first-order chi connectivity index (χ1) is 12.6. The number of rotatable bonds is 3. The normalized spacial score (nSPS) is 12.8. The Morgan fingerprint density at radius 1 is 1.12 bits per heavy atom. The maximum atomic E-state index is 12.8. The molecule has 6 heteroatoms. The molecule has 2 heterocycles. The lowest BCUT2D eigenvalue weighted by atomic mass is 10.1. The van der Waals surface area contributed by atoms with Gasteiger partial charge in [0.25, 0.3) is 11.8 Å². The molecule has 0 aliphatic heterocycles. The van der Waals surface area contributed by atoms with Crippen molar-refractivity contribution in [2.75, 3.05) is 12.4 Å². The number of aryl methyl sites for hydroxylation is 2. The van der Waals surface area contributed by atoms with E-state index in [-0.39, 0.29) is 11.8 Å². The zero-order valence-corrected chi connectivity index (χ0v) is 15.5. The number of hydrogen-bond donors (Lipinski definition) is 2. The number of fused-ring (bicyclic) bond motifs is 2. The molecule has 3 aromatic rings. The molecule has 0 unspecified atom stereocenters. The summed E-state index contributed by atoms with van der Waals surface area (Å²) in [5.41, 5.74) is 4.07. The monoisotopic (exact) mass is 365 g/mol. The fourth-order valence-electron chi connectivity index (χ4n) is 3.40. The smallest absolute Gasteiger partial charge is 0.256 e. The Labute approximate surface area is 155 Å². The number of amides is 2. The molecule has 1 aromatic carbocycles. The van der Waals surface area contributed by atoms with Gasteiger partial charge in [-0.1, -0.05) is 6.07 Å². The van der Waals surface area contributed by atoms with Crippen LogP contribution in [-0.4, -0.2) is 23.8 Å². The Morgan fingerprint density at radius 3 is 2.77 bits per heavy atom. The third-order valence-electron chi connectivity index (χ3n) is 4.69. The summed E-state index contributed by atoms with van der Waals surface area (Å²) < 4.78 is 0. The molecular weight excluding hydrogens is 346 g/mol. The predicted molar refractivity (Wildman–Crippen MR) is 104 cm³/mol. The number of anilines is 1. The molecule has 0 fully saturated rings. The molecule has 1 aliphatic rings. The number of hydrogen-bond acceptors (Lipinski definition) is 4. The van der Waals surface area contributed by atoms with Crippen LogP contribution in [0.15, 0.2) is 30.3 Å². The van der Waals surface area contributed by atoms with E-state index >= 15 is 0 Å². The quantitative estimate of drug-likeness (QED) is 0.743. The average molecular weight is 365 g/mol. The molecular formula is C20H19N3O2S. The summed E-state index contributed by atoms with van der Waals surface area (Å²) in [7, 11) is 1.62. The molecule has 0 saturated carbocycles. The lowest BCUT2D eigenvalue weighted by molar-refractivity contribution is 0.0963. The third-order valence-corrected chi connectivity index (χ3v) is 5.90. The molecule has 5 nitrogen and oxygen atoms in total. The molecule has 2 N–H and O–H groups in total. The predicted octanol–water partition coefficient (Wildman–Crippen LogP) is 3.71. The second kappa shape index (κ2) is 6.53. The topological polar surface area (TPSA) is 71.1 Å². The van der Waals surface area contributed by atoms with Crippen LogP contribution in [0.4, 0.5) is 5.00 Å². The summed E-state index contributed by atoms with van der Waals surface area (Å²) in [6.45, 7) is 1.94. The molecule has 132 valence electrons. The number of pyridine rings is 1. The first-order valence-corrected chi connectivity index (χ1v) is 9.44. The van der Waals surface area contributed by atoms with Crippen molar-refractivity contribution < 1.29 is 9.59 Å². The van der Waals surface area contributed by atoms with Gasteiger partial charge in [-0.2, -0.15) is 0 Å². The molecule has 4 rings (SSSR count). The average Bonchev–Trinajstić information content (AvgIpc) is 3.21. The van der Waals surface area contributed by atoms with E-state index in [1.54, 1.807) is 13.1 Å². The molecule has 0 spiro atoms. The molecule has 0 bridgehead atoms. The van der Waals surface area contributed by atoms with Crippen LogP contribution in [0.3, 0.4) is 0 Å². The van der Waals surface area contributed by atoms with Gasteiger partial charge in [-0.05, 0) is 56.0 Å². The van der Waals surface area contributed by atoms with E-state index in [4.69, 9.17) is 0 Å². The fraction of sp³-hybridized carbons (Fsp3) is 0.250. The van der Waals surface area contributed by atoms with Crippen molar-refractivity contribution in [1.29, 1.82) is 0 Å². The van der Waals surface area contributed by atoms with Gasteiger partial charge < -0.3 is 10.6 Å². The highest BCUT2D eigenvalue weighted by atomic mass is 32.1. The number of thiophene rings is 1. The number of benzene rings is 1. The highest BCUT2D eigenvalue weighted by molar-refractivity contribution is 7.17. The van der Waals surface area contributed by atoms with Crippen LogP contribution in [0.25, 0.3) is 10.9 Å². The number of carbonyl (C=O) groups is 2. The zero-order chi connectivity index (χ0) is 18.3. The minimum Gasteiger partial charge on any atom is -0.355 e. The molecule has 0 atom stereocenters. The van der Waals surface area contributed by atoms with Crippen molar-refractivity contribution >= 4 is 39.1 Å². The van der Waals surface area contributed by atoms with Gasteiger partial charge in [0.1, 0.15) is 5.00 Å². The van der Waals surface area contributed by atoms with Gasteiger partial charge in [-0.15, -0.1) is 11.3 Å². The summed E-state index contributed by atoms with van der Waals surface area (Å²) in [6, 6.07) is 9.34. The first kappa shape index (κ1) is 16.7. The van der Waals surface area contributed by atoms with E-state index < -0.39 is 0 Å². The van der Waals surface area contributed by atoms with E-state index in [0.717, 1.165) is 41.4 Å². The SMILES string of the molecule is CNC(=O)c1c(NC(=O)c2ccc3nc(C)ccc3c2)sc2c1CCC2. The van der Waals surface area contributed by atoms with E-state index in [2.05, 4.69) is 15.6 Å². The van der Waals surface area contributed by atoms with E-state index in [1.807, 2.05) is 31.2 Å². The second-order valence-corrected chi connectivity index (χ2v) is 7.56. The van der Waals surface area contributed by atoms with Crippen LogP contribution in [-0.2, 0) is 12.8 Å². The highest BCUT2D eigenvalue weighted by Crippen LogP contribution is 2.39. The van der Waals surface area contributed by atoms with E-state index in [0.29, 0.717) is 16.1 Å². The Bertz CT molecular complexity index is 1040. The molecule has 1 aliphatic carbocycles. The van der Waals surface area contributed by atoms with Gasteiger partial charge in [-0.3, -0.25) is 14.6 Å². The Kier molecular flexibility index (Phi) is 4.20. The Hall–Kier alpha value is -2.73. The van der Waals surface area contributed by atoms with Crippen molar-refractivity contribution in [2.24, 2.45) is 0 Å². The lowest BCUT2D eigenvalue weighted by Crippen LogP contribution is -2.21. The van der Waals surface area contributed by atoms with Gasteiger partial charge in [0.15, 0.2) is 0 Å². The van der Waals surface area contributed by atoms with Crippen molar-refractivity contribution in [3.63, 3.8) is 0 Å². The van der Waals surface area contributed by atoms with Crippen molar-refractivity contribution in [2.45, 2.75) is 26.2 Å². The summed E-state index contributed by atoms with van der Waals surface area (Å²) in [4.78, 5) is 30.7. The zero-order valence-electron chi connectivity index (χ0n) is 14.7. The summed E-state index contributed by atoms with van der Waals surface area (Å²) >= 11 is 1.52. The maximum Gasteiger partial charge on any atom is 0.256 e. The largest absolute Gasteiger partial charge is 0.355 e. The molecule has 2 amide bonds. The van der Waals surface area contributed by atoms with Crippen molar-refractivity contribution in [3.8, 4) is 0 Å². The Balaban J connectivity index is 1.66. The Morgan fingerprint density at radius 2 is 1.96 bits per heavy atom. The van der Waals surface area contributed by atoms with E-state index in [9.17, 15) is 9.59 Å². The van der Waals surface area contributed by atoms with Crippen molar-refractivity contribution in [3.05, 3.63) is 57.6 Å². The van der Waals surface area contributed by atoms with Crippen LogP contribution in [0, 0.1) is 6.92 Å². The van der Waals surface area contributed by atoms with Gasteiger partial charge in [0, 0.05) is 28.6 Å². The molecule has 2 aromatic heterocycles. The standard InChI is InChI=1S/C20H19N3O2S/c1-11-6-7-12-10-13(8-9-15(12)22-11)18(24)23-20-17(19(25)21-2)14-4-3-5-16(14)26-20/h6-10H,3-5H2,1-2H3,(H,21,25)(H,23,24). The summed E-state index contributed by atoms with van der Waals surface area (Å²) in [5, 5.41) is 7.19. The highest BCUT2D eigenvalue weighted by Gasteiger charge is 2.27. The lowest BCUT2D eigenvalue weighted by Gasteiger charge is -2.08. The number of aromatic nitrogens is 1. The summed E-state index contributed by atoms with van der Waals surface area (Å²) in [5.74, 6) is -0.351. The van der Waals surface area contributed by atoms with Crippen LogP contribution < -0.4 is 10.6 Å². The number of carbonyl (C=O) groups excluding carboxylic acids is 2. The van der Waals surface area contributed by atoms with Gasteiger partial charge in [-0.25, -0.2) is 0 Å². The van der Waals surface area contributed by atoms with Crippen molar-refractivity contribution in [1.82, 2.24) is 10.3 Å². The third kappa shape index (κ3) is 2.86. The van der Waals surface area contributed by atoms with Gasteiger partial charge in [0.2, 0.25) is 0 Å². The summed E-state index contributed by atoms with van der Waals surface area (Å²) in [6.07, 6.45) is 2.93. The molecule has 0 saturated heterocycles. The minimum absolute atomic E-state index is 0.141. The van der Waals surface area contributed by atoms with Crippen LogP contribution in [0.2, 0.25) is 0 Å². The van der Waals surface area contributed by atoms with Gasteiger partial charge in [0.05, 0.1) is 11.1 Å². The fourth-order valence-corrected chi connectivity index (χ4v) is 4.68. The molecule has 26 heavy (non-hydrogen) atoms. The number of nitrogens with one attached hydrogen (secondary N) is 2. The van der Waals surface area contributed by atoms with E-state index in [1.165, 1.54) is 16.2 Å². The second-order valence-electron chi connectivity index (χ2n) is 6.45. The number of nitrogens with zero attached hydrogens (tertiary/aromatic N) is 1. The maximum absolute atomic E-state index is 12.8. The van der Waals surface area contributed by atoms with Crippen LogP contribution in [0.1, 0.15) is 43.3 Å². The molecule has 0 radical (unpaired) electrons. The van der Waals surface area contributed by atoms with Crippen LogP contribution in [0.5, 0.6) is 0 Å². The minimum atomic E-state index is -0.211. The first-order valence-electron chi connectivity index (χ1n) is 8.62.